The van der Waals surface area contributed by atoms with E-state index < -0.39 is 23.5 Å². The quantitative estimate of drug-likeness (QED) is 0.375. The van der Waals surface area contributed by atoms with Gasteiger partial charge in [0.05, 0.1) is 0 Å². The molecule has 2 aromatic rings. The maximum absolute atomic E-state index is 4.94. The van der Waals surface area contributed by atoms with Crippen LogP contribution in [0.1, 0.15) is 25.7 Å². The fourth-order valence-corrected chi connectivity index (χ4v) is 6.18. The van der Waals surface area contributed by atoms with Gasteiger partial charge in [-0.15, -0.1) is 0 Å². The third kappa shape index (κ3) is 12.9. The fourth-order valence-electron chi connectivity index (χ4n) is 2.66. The Labute approximate surface area is 209 Å². The Morgan fingerprint density at radius 3 is 1.14 bits per heavy atom. The first-order valence-corrected chi connectivity index (χ1v) is 13.0. The van der Waals surface area contributed by atoms with Gasteiger partial charge in [-0.3, -0.25) is 0 Å². The first-order valence-electron chi connectivity index (χ1n) is 9.76. The van der Waals surface area contributed by atoms with Crippen LogP contribution >= 0.6 is 0 Å². The van der Waals surface area contributed by atoms with E-state index in [1.54, 1.807) is 0 Å². The molecule has 2 heterocycles. The van der Waals surface area contributed by atoms with Gasteiger partial charge in [0.1, 0.15) is 0 Å². The summed E-state index contributed by atoms with van der Waals surface area (Å²) in [6.07, 6.45) is 5.11. The van der Waals surface area contributed by atoms with Gasteiger partial charge in [0.25, 0.3) is 0 Å². The third-order valence-electron chi connectivity index (χ3n) is 4.24. The first-order chi connectivity index (χ1) is 13.3. The number of benzene rings is 2. The number of ether oxygens (including phenoxy) is 2. The normalized spacial score (nSPS) is 13.9. The molecule has 160 valence electrons. The largest absolute Gasteiger partial charge is 1.00 e. The predicted octanol–water partition coefficient (Wildman–Crippen LogP) is -1.23. The second kappa shape index (κ2) is 18.6. The molecule has 2 aromatic carbocycles. The Bertz CT molecular complexity index is 532. The maximum Gasteiger partial charge on any atom is -1.00 e. The van der Waals surface area contributed by atoms with E-state index in [-0.39, 0.29) is 34.0 Å². The van der Waals surface area contributed by atoms with Crippen LogP contribution in [0.25, 0.3) is 0 Å². The Morgan fingerprint density at radius 1 is 0.586 bits per heavy atom. The molecule has 2 aliphatic rings. The van der Waals surface area contributed by atoms with Gasteiger partial charge in [-0.25, -0.2) is 0 Å². The summed E-state index contributed by atoms with van der Waals surface area (Å²) in [6, 6.07) is 21.2. The number of rotatable bonds is 4. The Hall–Kier alpha value is -0.210. The van der Waals surface area contributed by atoms with Crippen LogP contribution < -0.4 is 39.7 Å². The first kappa shape index (κ1) is 28.8. The van der Waals surface area contributed by atoms with Crippen molar-refractivity contribution in [3.63, 3.8) is 0 Å². The van der Waals surface area contributed by atoms with E-state index in [9.17, 15) is 0 Å². The molecule has 0 aliphatic carbocycles. The third-order valence-corrected chi connectivity index (χ3v) is 8.25. The maximum atomic E-state index is 4.94. The van der Waals surface area contributed by atoms with E-state index in [2.05, 4.69) is 80.5 Å². The SMILES string of the molecule is C1CCOC1.C1CCOC1.C[N]([Hf+2][N](C)c1ccccc1)c1ccccc1.[Br-].[Br-]. The Balaban J connectivity index is 0.000000537. The van der Waals surface area contributed by atoms with Gasteiger partial charge in [0, 0.05) is 26.4 Å². The van der Waals surface area contributed by atoms with Crippen molar-refractivity contribution in [2.24, 2.45) is 0 Å². The van der Waals surface area contributed by atoms with Crippen molar-refractivity contribution in [1.29, 1.82) is 0 Å². The number of anilines is 2. The smallest absolute Gasteiger partial charge is 1.00 e. The summed E-state index contributed by atoms with van der Waals surface area (Å²) in [5.74, 6) is 0. The summed E-state index contributed by atoms with van der Waals surface area (Å²) in [4.78, 5) is 0. The molecule has 0 aromatic heterocycles. The molecule has 4 nitrogen and oxygen atoms in total. The molecule has 0 radical (unpaired) electrons. The van der Waals surface area contributed by atoms with Gasteiger partial charge in [-0.2, -0.15) is 0 Å². The molecule has 0 saturated carbocycles. The van der Waals surface area contributed by atoms with Crippen LogP contribution in [0.15, 0.2) is 60.7 Å². The van der Waals surface area contributed by atoms with Crippen LogP contribution in [0.3, 0.4) is 0 Å². The number of para-hydroxylation sites is 2. The molecule has 7 heteroatoms. The second-order valence-corrected chi connectivity index (χ2v) is 12.1. The van der Waals surface area contributed by atoms with Crippen molar-refractivity contribution >= 4 is 11.4 Å². The summed E-state index contributed by atoms with van der Waals surface area (Å²) in [6.45, 7) is 4.00. The predicted molar refractivity (Wildman–Crippen MR) is 110 cm³/mol. The summed E-state index contributed by atoms with van der Waals surface area (Å²) in [5.41, 5.74) is 2.64. The van der Waals surface area contributed by atoms with Crippen LogP contribution in [0.4, 0.5) is 11.4 Å². The molecular formula is C22H32Br2HfN2O2. The Morgan fingerprint density at radius 2 is 0.897 bits per heavy atom. The molecule has 0 spiro atoms. The van der Waals surface area contributed by atoms with Crippen molar-refractivity contribution in [2.45, 2.75) is 25.7 Å². The summed E-state index contributed by atoms with van der Waals surface area (Å²) in [5, 5.41) is 0. The average Bonchev–Trinajstić information content (AvgIpc) is 3.48. The molecule has 0 N–H and O–H groups in total. The van der Waals surface area contributed by atoms with E-state index in [1.165, 1.54) is 37.1 Å². The molecular weight excluding hydrogens is 663 g/mol. The monoisotopic (exact) mass is 694 g/mol. The molecule has 0 bridgehead atoms. The minimum atomic E-state index is -1.01. The average molecular weight is 695 g/mol. The number of hydrogen-bond acceptors (Lipinski definition) is 4. The minimum absolute atomic E-state index is 0. The summed E-state index contributed by atoms with van der Waals surface area (Å²) >= 11 is -1.01. The summed E-state index contributed by atoms with van der Waals surface area (Å²) in [7, 11) is 4.38. The van der Waals surface area contributed by atoms with Crippen molar-refractivity contribution in [1.82, 2.24) is 0 Å². The van der Waals surface area contributed by atoms with Crippen LogP contribution in [0, 0.1) is 0 Å². The van der Waals surface area contributed by atoms with Crippen LogP contribution in [0.2, 0.25) is 0 Å². The van der Waals surface area contributed by atoms with Gasteiger partial charge in [0.2, 0.25) is 0 Å². The topological polar surface area (TPSA) is 24.9 Å². The van der Waals surface area contributed by atoms with Gasteiger partial charge in [-0.1, -0.05) is 0 Å². The van der Waals surface area contributed by atoms with Gasteiger partial charge in [0.15, 0.2) is 0 Å². The van der Waals surface area contributed by atoms with Crippen molar-refractivity contribution in [3.05, 3.63) is 60.7 Å². The number of hydrogen-bond donors (Lipinski definition) is 0. The summed E-state index contributed by atoms with van der Waals surface area (Å²) < 4.78 is 14.7. The van der Waals surface area contributed by atoms with Gasteiger partial charge in [-0.05, 0) is 25.7 Å². The van der Waals surface area contributed by atoms with Crippen molar-refractivity contribution in [2.75, 3.05) is 46.3 Å². The molecule has 0 unspecified atom stereocenters. The Kier molecular flexibility index (Phi) is 18.4. The van der Waals surface area contributed by atoms with Crippen LogP contribution in [-0.4, -0.2) is 40.5 Å². The van der Waals surface area contributed by atoms with Gasteiger partial charge < -0.3 is 43.4 Å². The van der Waals surface area contributed by atoms with Gasteiger partial charge >= 0.3 is 115 Å². The van der Waals surface area contributed by atoms with E-state index in [0.717, 1.165) is 26.4 Å². The molecule has 2 fully saturated rings. The molecule has 0 amide bonds. The molecule has 2 aliphatic heterocycles. The second-order valence-electron chi connectivity index (χ2n) is 6.53. The van der Waals surface area contributed by atoms with Crippen molar-refractivity contribution in [3.8, 4) is 0 Å². The molecule has 4 rings (SSSR count). The zero-order valence-electron chi connectivity index (χ0n) is 17.4. The number of nitrogens with zero attached hydrogens (tertiary/aromatic N) is 2. The molecule has 2 saturated heterocycles. The van der Waals surface area contributed by atoms with Crippen LogP contribution in [-0.2, 0) is 33.0 Å². The molecule has 29 heavy (non-hydrogen) atoms. The number of halogens is 2. The zero-order chi connectivity index (χ0) is 19.2. The fraction of sp³-hybridized carbons (Fsp3) is 0.455. The molecule has 0 atom stereocenters. The van der Waals surface area contributed by atoms with Crippen LogP contribution in [0.5, 0.6) is 0 Å². The van der Waals surface area contributed by atoms with Crippen molar-refractivity contribution < 1.29 is 66.9 Å². The standard InChI is InChI=1S/2C7H8N.2C4H8O.2BrH.Hf/c2*1-8-7-5-3-2-4-6-7;2*1-2-4-5-3-1;;;/h2*2-6H,1H3;2*1-4H2;2*1H;/q2*-1;;;;;+4/p-2. The van der Waals surface area contributed by atoms with E-state index in [4.69, 9.17) is 9.47 Å². The van der Waals surface area contributed by atoms with E-state index in [1.807, 2.05) is 0 Å². The van der Waals surface area contributed by atoms with E-state index >= 15 is 0 Å². The van der Waals surface area contributed by atoms with E-state index in [0.29, 0.717) is 0 Å². The minimum Gasteiger partial charge on any atom is -1.00 e. The zero-order valence-corrected chi connectivity index (χ0v) is 24.2.